The molecule has 0 spiro atoms. The van der Waals surface area contributed by atoms with Crippen molar-refractivity contribution in [1.29, 1.82) is 0 Å². The fraction of sp³-hybridized carbons (Fsp3) is 0.667. The molecule has 0 unspecified atom stereocenters. The number of hydrogen-bond acceptors (Lipinski definition) is 1. The molecule has 0 aromatic heterocycles. The van der Waals surface area contributed by atoms with Crippen molar-refractivity contribution >= 4 is 37.6 Å². The minimum absolute atomic E-state index is 0.0339. The van der Waals surface area contributed by atoms with E-state index in [2.05, 4.69) is 58.7 Å². The zero-order valence-corrected chi connectivity index (χ0v) is 14.8. The molecule has 0 aromatic rings. The lowest BCUT2D eigenvalue weighted by Crippen LogP contribution is -2.36. The van der Waals surface area contributed by atoms with E-state index in [1.165, 1.54) is 5.57 Å². The van der Waals surface area contributed by atoms with Crippen molar-refractivity contribution in [3.05, 3.63) is 23.8 Å². The topological polar surface area (TPSA) is 17.1 Å². The number of allylic oxidation sites excluding steroid dienone is 4. The summed E-state index contributed by atoms with van der Waals surface area (Å²) in [5, 5.41) is 0. The summed E-state index contributed by atoms with van der Waals surface area (Å²) >= 11 is 7.23. The summed E-state index contributed by atoms with van der Waals surface area (Å²) in [5.41, 5.74) is 1.44. The minimum Gasteiger partial charge on any atom is -0.293 e. The van der Waals surface area contributed by atoms with Gasteiger partial charge in [0.15, 0.2) is 5.78 Å². The Morgan fingerprint density at radius 1 is 1.33 bits per heavy atom. The smallest absolute Gasteiger partial charge is 0.172 e. The van der Waals surface area contributed by atoms with Crippen LogP contribution in [-0.2, 0) is 4.79 Å². The molecule has 2 atom stereocenters. The van der Waals surface area contributed by atoms with Crippen LogP contribution in [-0.4, -0.2) is 14.9 Å². The van der Waals surface area contributed by atoms with Gasteiger partial charge in [-0.1, -0.05) is 63.4 Å². The SMILES string of the molecule is C/C1=C\CC(C)(C)/C=C/C(=O)[C@](C)(Br)[C@H](Br)CC1. The number of halogens is 2. The van der Waals surface area contributed by atoms with Gasteiger partial charge >= 0.3 is 0 Å². The molecule has 0 radical (unpaired) electrons. The van der Waals surface area contributed by atoms with Crippen LogP contribution >= 0.6 is 31.9 Å². The van der Waals surface area contributed by atoms with Crippen molar-refractivity contribution in [1.82, 2.24) is 0 Å². The molecule has 3 heteroatoms. The van der Waals surface area contributed by atoms with Crippen LogP contribution in [0, 0.1) is 5.41 Å². The van der Waals surface area contributed by atoms with Crippen LogP contribution in [0.2, 0.25) is 0 Å². The zero-order valence-electron chi connectivity index (χ0n) is 11.6. The summed E-state index contributed by atoms with van der Waals surface area (Å²) in [6.07, 6.45) is 9.03. The molecule has 0 aliphatic heterocycles. The highest BCUT2D eigenvalue weighted by Gasteiger charge is 2.35. The van der Waals surface area contributed by atoms with Crippen molar-refractivity contribution in [2.75, 3.05) is 0 Å². The van der Waals surface area contributed by atoms with Gasteiger partial charge < -0.3 is 0 Å². The molecule has 1 rings (SSSR count). The maximum absolute atomic E-state index is 12.3. The predicted molar refractivity (Wildman–Crippen MR) is 85.6 cm³/mol. The molecule has 1 aliphatic rings. The predicted octanol–water partition coefficient (Wildman–Crippen LogP) is 5.19. The van der Waals surface area contributed by atoms with Crippen LogP contribution in [0.3, 0.4) is 0 Å². The highest BCUT2D eigenvalue weighted by Crippen LogP contribution is 2.35. The van der Waals surface area contributed by atoms with Gasteiger partial charge in [-0.15, -0.1) is 0 Å². The Bertz CT molecular complexity index is 378. The van der Waals surface area contributed by atoms with Gasteiger partial charge in [-0.2, -0.15) is 0 Å². The molecule has 0 saturated heterocycles. The largest absolute Gasteiger partial charge is 0.293 e. The van der Waals surface area contributed by atoms with Gasteiger partial charge in [-0.3, -0.25) is 4.79 Å². The lowest BCUT2D eigenvalue weighted by atomic mass is 9.87. The van der Waals surface area contributed by atoms with Crippen LogP contribution in [0.1, 0.15) is 47.0 Å². The van der Waals surface area contributed by atoms with Gasteiger partial charge in [0.25, 0.3) is 0 Å². The van der Waals surface area contributed by atoms with Crippen LogP contribution in [0.15, 0.2) is 23.8 Å². The Morgan fingerprint density at radius 2 is 1.94 bits per heavy atom. The zero-order chi connectivity index (χ0) is 14.0. The first-order chi connectivity index (χ1) is 8.15. The maximum Gasteiger partial charge on any atom is 0.172 e. The molecule has 102 valence electrons. The molecular weight excluding hydrogens is 356 g/mol. The molecule has 0 fully saturated rings. The quantitative estimate of drug-likeness (QED) is 0.419. The Labute approximate surface area is 127 Å². The second-order valence-corrected chi connectivity index (χ2v) is 8.78. The van der Waals surface area contributed by atoms with Gasteiger partial charge in [-0.05, 0) is 44.6 Å². The second kappa shape index (κ2) is 6.04. The van der Waals surface area contributed by atoms with Crippen LogP contribution in [0.5, 0.6) is 0 Å². The summed E-state index contributed by atoms with van der Waals surface area (Å²) in [6, 6.07) is 0. The van der Waals surface area contributed by atoms with E-state index in [0.29, 0.717) is 0 Å². The van der Waals surface area contributed by atoms with Crippen molar-refractivity contribution in [3.8, 4) is 0 Å². The Kier molecular flexibility index (Phi) is 5.43. The van der Waals surface area contributed by atoms with Gasteiger partial charge in [0.05, 0.1) is 4.32 Å². The number of rotatable bonds is 0. The number of hydrogen-bond donors (Lipinski definition) is 0. The first-order valence-electron chi connectivity index (χ1n) is 6.37. The van der Waals surface area contributed by atoms with Crippen molar-refractivity contribution in [2.45, 2.75) is 56.1 Å². The first kappa shape index (κ1) is 16.2. The van der Waals surface area contributed by atoms with Gasteiger partial charge in [0, 0.05) is 4.83 Å². The molecule has 0 amide bonds. The van der Waals surface area contributed by atoms with Crippen LogP contribution < -0.4 is 0 Å². The molecule has 0 N–H and O–H groups in total. The van der Waals surface area contributed by atoms with Gasteiger partial charge in [-0.25, -0.2) is 0 Å². The maximum atomic E-state index is 12.3. The molecule has 0 bridgehead atoms. The second-order valence-electron chi connectivity index (χ2n) is 6.02. The number of carbonyl (C=O) groups excluding carboxylic acids is 1. The normalized spacial score (nSPS) is 38.4. The molecule has 1 aliphatic carbocycles. The number of carbonyl (C=O) groups is 1. The van der Waals surface area contributed by atoms with E-state index >= 15 is 0 Å². The molecule has 0 heterocycles. The third-order valence-electron chi connectivity index (χ3n) is 3.52. The molecular formula is C15H22Br2O. The first-order valence-corrected chi connectivity index (χ1v) is 8.08. The fourth-order valence-corrected chi connectivity index (χ4v) is 2.67. The van der Waals surface area contributed by atoms with E-state index in [-0.39, 0.29) is 16.0 Å². The molecule has 1 nitrogen and oxygen atoms in total. The standard InChI is InChI=1S/C15H22Br2O/c1-11-5-6-12(16)15(4,17)13(18)8-10-14(2,3)9-7-11/h7-8,10,12H,5-6,9H2,1-4H3/b10-8+,11-7+/t12-,15-/m1/s1. The lowest BCUT2D eigenvalue weighted by Gasteiger charge is -2.26. The summed E-state index contributed by atoms with van der Waals surface area (Å²) in [4.78, 5) is 12.4. The summed E-state index contributed by atoms with van der Waals surface area (Å²) in [5.74, 6) is 0.136. The summed E-state index contributed by atoms with van der Waals surface area (Å²) < 4.78 is -0.524. The summed E-state index contributed by atoms with van der Waals surface area (Å²) in [7, 11) is 0. The van der Waals surface area contributed by atoms with Crippen molar-refractivity contribution < 1.29 is 4.79 Å². The Balaban J connectivity index is 3.05. The van der Waals surface area contributed by atoms with Crippen molar-refractivity contribution in [3.63, 3.8) is 0 Å². The monoisotopic (exact) mass is 376 g/mol. The Hall–Kier alpha value is 0.110. The molecule has 18 heavy (non-hydrogen) atoms. The van der Waals surface area contributed by atoms with Crippen molar-refractivity contribution in [2.24, 2.45) is 5.41 Å². The third-order valence-corrected chi connectivity index (χ3v) is 6.46. The van der Waals surface area contributed by atoms with E-state index in [0.717, 1.165) is 19.3 Å². The van der Waals surface area contributed by atoms with Crippen LogP contribution in [0.25, 0.3) is 0 Å². The summed E-state index contributed by atoms with van der Waals surface area (Å²) in [6.45, 7) is 8.44. The number of ketones is 1. The van der Waals surface area contributed by atoms with E-state index in [1.807, 2.05) is 13.0 Å². The average molecular weight is 378 g/mol. The minimum atomic E-state index is -0.524. The van der Waals surface area contributed by atoms with E-state index in [4.69, 9.17) is 0 Å². The number of alkyl halides is 2. The lowest BCUT2D eigenvalue weighted by molar-refractivity contribution is -0.116. The molecule has 0 aromatic carbocycles. The fourth-order valence-electron chi connectivity index (χ4n) is 1.85. The van der Waals surface area contributed by atoms with E-state index < -0.39 is 4.32 Å². The van der Waals surface area contributed by atoms with E-state index in [9.17, 15) is 4.79 Å². The average Bonchev–Trinajstić information content (AvgIpc) is 2.30. The molecule has 0 saturated carbocycles. The Morgan fingerprint density at radius 3 is 2.56 bits per heavy atom. The highest BCUT2D eigenvalue weighted by molar-refractivity contribution is 9.12. The van der Waals surface area contributed by atoms with Gasteiger partial charge in [0.1, 0.15) is 0 Å². The van der Waals surface area contributed by atoms with E-state index in [1.54, 1.807) is 6.08 Å². The van der Waals surface area contributed by atoms with Gasteiger partial charge in [0.2, 0.25) is 0 Å². The highest BCUT2D eigenvalue weighted by atomic mass is 79.9. The third kappa shape index (κ3) is 4.34. The van der Waals surface area contributed by atoms with Crippen LogP contribution in [0.4, 0.5) is 0 Å².